The number of aromatic amines is 1. The Hall–Kier alpha value is -10.1. The van der Waals surface area contributed by atoms with Gasteiger partial charge in [-0.15, -0.1) is 0 Å². The molecule has 2 aromatic carbocycles. The fourth-order valence-electron chi connectivity index (χ4n) is 8.68. The fraction of sp³-hybridized carbons (Fsp3) is 0.431. The fourth-order valence-corrected chi connectivity index (χ4v) is 8.68. The third kappa shape index (κ3) is 20.2. The number of nitrogens with zero attached hydrogens (tertiary/aromatic N) is 1. The molecule has 0 saturated carbocycles. The number of H-pyrrole nitrogens is 1. The molecule has 2 heterocycles. The predicted octanol–water partition coefficient (Wildman–Crippen LogP) is -7.89. The summed E-state index contributed by atoms with van der Waals surface area (Å²) in [5, 5.41) is 57.8. The van der Waals surface area contributed by atoms with Crippen molar-refractivity contribution in [3.05, 3.63) is 71.9 Å². The normalized spacial score (nSPS) is 16.0. The molecule has 1 aliphatic heterocycles. The van der Waals surface area contributed by atoms with E-state index in [9.17, 15) is 92.3 Å². The number of aliphatic hydroxyl groups is 1. The van der Waals surface area contributed by atoms with Crippen molar-refractivity contribution in [3.63, 3.8) is 0 Å². The molecule has 0 spiro atoms. The number of aliphatic carboxylic acids is 3. The highest BCUT2D eigenvalue weighted by atomic mass is 16.4. The van der Waals surface area contributed by atoms with Crippen LogP contribution in [-0.2, 0) is 84.8 Å². The molecule has 10 atom stereocenters. The Labute approximate surface area is 476 Å². The van der Waals surface area contributed by atoms with Crippen LogP contribution in [0.25, 0.3) is 10.9 Å². The monoisotopic (exact) mass is 1180 g/mol. The van der Waals surface area contributed by atoms with Gasteiger partial charge in [0.05, 0.1) is 38.7 Å². The summed E-state index contributed by atoms with van der Waals surface area (Å²) in [6, 6.07) is -2.72. The number of carbonyl (C=O) groups is 15. The van der Waals surface area contributed by atoms with Gasteiger partial charge in [-0.05, 0) is 37.0 Å². The first-order valence-corrected chi connectivity index (χ1v) is 25.9. The van der Waals surface area contributed by atoms with Crippen molar-refractivity contribution in [2.75, 3.05) is 13.2 Å². The van der Waals surface area contributed by atoms with Gasteiger partial charge in [0, 0.05) is 36.5 Å². The van der Waals surface area contributed by atoms with Gasteiger partial charge in [0.15, 0.2) is 6.04 Å². The Morgan fingerprint density at radius 1 is 0.548 bits per heavy atom. The number of carboxylic acid groups (broad SMARTS) is 3. The summed E-state index contributed by atoms with van der Waals surface area (Å²) in [5.74, 6) is -19.1. The molecule has 1 aliphatic rings. The molecule has 0 aliphatic carbocycles. The molecule has 454 valence electrons. The number of aliphatic hydroxyl groups excluding tert-OH is 1. The SMILES string of the molecule is C[C@H]([NH3+])C(=O)N[C@@H](CC(N)=O)C(=O)N[C@@H](CO)C(=O)N[C@@H](CC(N)=O)C(=O)N[C@@H](CC(N)=O)C(=O)N1CCC[C@H]1C(=O)N[C@@H](CC(=O)O)C(=O)N[C@@H](Cc1c[nH]c2ccccc12)C(=O)N[C@@H](CC(=O)O)C(=O)N[C@@H](Cc1ccccc1)C(=O)O. The molecule has 33 heteroatoms. The third-order valence-electron chi connectivity index (χ3n) is 12.9. The number of hydrogen-bond acceptors (Lipinski definition) is 16. The van der Waals surface area contributed by atoms with E-state index in [4.69, 9.17) is 17.2 Å². The smallest absolute Gasteiger partial charge is 0.326 e. The molecule has 33 nitrogen and oxygen atoms in total. The molecule has 0 radical (unpaired) electrons. The highest BCUT2D eigenvalue weighted by Crippen LogP contribution is 2.22. The molecule has 22 N–H and O–H groups in total. The van der Waals surface area contributed by atoms with Crippen molar-refractivity contribution in [1.29, 1.82) is 0 Å². The Balaban J connectivity index is 1.57. The van der Waals surface area contributed by atoms with E-state index in [2.05, 4.69) is 53.3 Å². The van der Waals surface area contributed by atoms with Crippen LogP contribution in [0.1, 0.15) is 63.0 Å². The van der Waals surface area contributed by atoms with E-state index >= 15 is 0 Å². The van der Waals surface area contributed by atoms with Gasteiger partial charge >= 0.3 is 17.9 Å². The molecule has 4 rings (SSSR count). The van der Waals surface area contributed by atoms with Crippen LogP contribution in [0, 0.1) is 0 Å². The Morgan fingerprint density at radius 2 is 0.976 bits per heavy atom. The maximum absolute atomic E-state index is 14.3. The summed E-state index contributed by atoms with van der Waals surface area (Å²) >= 11 is 0. The zero-order valence-corrected chi connectivity index (χ0v) is 45.1. The number of hydrogen-bond donors (Lipinski definition) is 17. The number of quaternary nitrogens is 1. The molecule has 12 amide bonds. The van der Waals surface area contributed by atoms with Gasteiger partial charge in [-0.25, -0.2) is 4.79 Å². The number of amides is 12. The number of fused-ring (bicyclic) bond motifs is 1. The van der Waals surface area contributed by atoms with Gasteiger partial charge in [-0.1, -0.05) is 48.5 Å². The number of nitrogens with two attached hydrogens (primary N) is 3. The summed E-state index contributed by atoms with van der Waals surface area (Å²) in [5.41, 5.74) is 20.9. The van der Waals surface area contributed by atoms with Crippen LogP contribution in [0.4, 0.5) is 0 Å². The van der Waals surface area contributed by atoms with Gasteiger partial charge in [-0.2, -0.15) is 0 Å². The Morgan fingerprint density at radius 3 is 1.49 bits per heavy atom. The zero-order chi connectivity index (χ0) is 62.5. The average Bonchev–Trinajstić information content (AvgIpc) is 3.43. The first-order chi connectivity index (χ1) is 39.6. The van der Waals surface area contributed by atoms with Crippen LogP contribution in [0.3, 0.4) is 0 Å². The summed E-state index contributed by atoms with van der Waals surface area (Å²) < 4.78 is 0. The van der Waals surface area contributed by atoms with Crippen LogP contribution in [0.5, 0.6) is 0 Å². The largest absolute Gasteiger partial charge is 0.481 e. The summed E-state index contributed by atoms with van der Waals surface area (Å²) in [4.78, 5) is 200. The summed E-state index contributed by atoms with van der Waals surface area (Å²) in [6.07, 6.45) is -4.29. The molecule has 1 fully saturated rings. The molecular weight excluding hydrogens is 1110 g/mol. The van der Waals surface area contributed by atoms with Crippen LogP contribution >= 0.6 is 0 Å². The summed E-state index contributed by atoms with van der Waals surface area (Å²) in [7, 11) is 0. The van der Waals surface area contributed by atoms with Crippen LogP contribution in [-0.4, -0.2) is 193 Å². The van der Waals surface area contributed by atoms with E-state index in [-0.39, 0.29) is 25.8 Å². The molecule has 3 aromatic rings. The lowest BCUT2D eigenvalue weighted by Crippen LogP contribution is -2.68. The van der Waals surface area contributed by atoms with E-state index in [1.807, 2.05) is 0 Å². The second kappa shape index (κ2) is 31.2. The van der Waals surface area contributed by atoms with E-state index in [1.165, 1.54) is 13.1 Å². The van der Waals surface area contributed by atoms with E-state index < -0.39 is 194 Å². The lowest BCUT2D eigenvalue weighted by Gasteiger charge is -2.30. The number of aromatic nitrogens is 1. The lowest BCUT2D eigenvalue weighted by atomic mass is 10.0. The Bertz CT molecular complexity index is 2990. The number of rotatable bonds is 33. The minimum atomic E-state index is -2.05. The van der Waals surface area contributed by atoms with Crippen molar-refractivity contribution in [3.8, 4) is 0 Å². The van der Waals surface area contributed by atoms with Gasteiger partial charge in [0.1, 0.15) is 54.4 Å². The number of benzene rings is 2. The Kier molecular flexibility index (Phi) is 24.7. The maximum atomic E-state index is 14.3. The van der Waals surface area contributed by atoms with Crippen molar-refractivity contribution in [2.24, 2.45) is 17.2 Å². The molecule has 1 aromatic heterocycles. The third-order valence-corrected chi connectivity index (χ3v) is 12.9. The minimum absolute atomic E-state index is 0.0568. The van der Waals surface area contributed by atoms with E-state index in [1.54, 1.807) is 54.6 Å². The van der Waals surface area contributed by atoms with Crippen LogP contribution in [0.15, 0.2) is 60.8 Å². The number of para-hydroxylation sites is 1. The molecular formula is C51H67N14O19+. The van der Waals surface area contributed by atoms with Crippen LogP contribution in [0.2, 0.25) is 0 Å². The van der Waals surface area contributed by atoms with E-state index in [0.717, 1.165) is 4.90 Å². The zero-order valence-electron chi connectivity index (χ0n) is 45.1. The number of nitrogens with one attached hydrogen (secondary N) is 9. The van der Waals surface area contributed by atoms with Crippen LogP contribution < -0.4 is 65.5 Å². The van der Waals surface area contributed by atoms with Crippen molar-refractivity contribution >= 4 is 99.7 Å². The number of likely N-dealkylation sites (tertiary alicyclic amines) is 1. The average molecular weight is 1180 g/mol. The van der Waals surface area contributed by atoms with Gasteiger partial charge in [0.25, 0.3) is 5.91 Å². The van der Waals surface area contributed by atoms with Crippen molar-refractivity contribution in [2.45, 2.75) is 125 Å². The second-order valence-corrected chi connectivity index (χ2v) is 19.6. The predicted molar refractivity (Wildman–Crippen MR) is 285 cm³/mol. The number of carbonyl (C=O) groups excluding carboxylic acids is 12. The topological polar surface area (TPSA) is 558 Å². The van der Waals surface area contributed by atoms with E-state index in [0.29, 0.717) is 22.0 Å². The molecule has 1 saturated heterocycles. The highest BCUT2D eigenvalue weighted by Gasteiger charge is 2.42. The minimum Gasteiger partial charge on any atom is -0.481 e. The molecule has 84 heavy (non-hydrogen) atoms. The highest BCUT2D eigenvalue weighted by molar-refractivity contribution is 6.02. The first kappa shape index (κ1) is 66.5. The molecule has 0 unspecified atom stereocenters. The van der Waals surface area contributed by atoms with Crippen molar-refractivity contribution < 1.29 is 98.1 Å². The number of primary amides is 3. The summed E-state index contributed by atoms with van der Waals surface area (Å²) in [6.45, 7) is -0.0790. The maximum Gasteiger partial charge on any atom is 0.326 e. The van der Waals surface area contributed by atoms with Gasteiger partial charge in [-0.3, -0.25) is 67.1 Å². The van der Waals surface area contributed by atoms with Gasteiger partial charge in [0.2, 0.25) is 65.0 Å². The van der Waals surface area contributed by atoms with Gasteiger partial charge < -0.3 is 95.8 Å². The first-order valence-electron chi connectivity index (χ1n) is 25.9. The second-order valence-electron chi connectivity index (χ2n) is 19.6. The lowest BCUT2D eigenvalue weighted by molar-refractivity contribution is -0.398. The van der Waals surface area contributed by atoms with Crippen molar-refractivity contribution in [1.82, 2.24) is 52.4 Å². The quantitative estimate of drug-likeness (QED) is 0.0269. The molecule has 0 bridgehead atoms. The standard InChI is InChI=1S/C51H66N14O19/c1-23(52)42(74)57-29(16-37(53)67)45(77)64-35(22-66)48(80)59-30(17-38(54)68)44(76)62-33(18-39(55)69)50(82)65-13-7-12-36(65)49(81)61-32(20-41(72)73)46(78)58-28(15-25-21-56-27-11-6-5-10-26(25)27)43(75)60-31(19-40(70)71)47(79)63-34(51(83)84)14-24-8-3-2-4-9-24/h2-6,8-11,21,23,28-36,56,66H,7,12-20,22,52H2,1H3,(H2,53,67)(H2,54,68)(H2,55,69)(H,57,74)(H,58,78)(H,59,80)(H,60,75)(H,61,81)(H,62,76)(H,63,79)(H,64,77)(H,70,71)(H,72,73)(H,83,84)/p+1/t23-,28-,29-,30-,31-,32-,33-,34-,35-,36-/m0/s1. The number of carboxylic acids is 3.